The van der Waals surface area contributed by atoms with E-state index in [2.05, 4.69) is 46.7 Å². The summed E-state index contributed by atoms with van der Waals surface area (Å²) in [6, 6.07) is 6.52. The number of carbonyl (C=O) groups is 1. The van der Waals surface area contributed by atoms with Gasteiger partial charge in [0.05, 0.1) is 0 Å². The Bertz CT molecular complexity index is 487. The molecule has 0 amide bonds. The Kier molecular flexibility index (Phi) is 4.31. The van der Waals surface area contributed by atoms with Crippen LogP contribution in [0.15, 0.2) is 22.7 Å². The molecule has 2 rings (SSSR count). The second-order valence-electron chi connectivity index (χ2n) is 5.63. The zero-order valence-corrected chi connectivity index (χ0v) is 13.6. The highest BCUT2D eigenvalue weighted by Gasteiger charge is 2.32. The first-order valence-corrected chi connectivity index (χ1v) is 7.41. The molecule has 2 unspecified atom stereocenters. The number of nitrogens with zero attached hydrogens (tertiary/aromatic N) is 2. The molecule has 1 aromatic rings. The Morgan fingerprint density at radius 3 is 2.58 bits per heavy atom. The Labute approximate surface area is 123 Å². The first-order chi connectivity index (χ1) is 8.90. The predicted molar refractivity (Wildman–Crippen MR) is 83.0 cm³/mol. The van der Waals surface area contributed by atoms with E-state index in [1.54, 1.807) is 6.92 Å². The minimum absolute atomic E-state index is 0.122. The molecule has 0 N–H and O–H groups in total. The summed E-state index contributed by atoms with van der Waals surface area (Å²) in [5.74, 6) is 0.732. The van der Waals surface area contributed by atoms with Crippen molar-refractivity contribution in [3.05, 3.63) is 28.2 Å². The summed E-state index contributed by atoms with van der Waals surface area (Å²) in [7, 11) is 4.25. The van der Waals surface area contributed by atoms with Gasteiger partial charge < -0.3 is 9.80 Å². The lowest BCUT2D eigenvalue weighted by Gasteiger charge is -2.24. The van der Waals surface area contributed by atoms with Gasteiger partial charge in [-0.25, -0.2) is 0 Å². The molecule has 1 aromatic carbocycles. The van der Waals surface area contributed by atoms with Gasteiger partial charge in [-0.05, 0) is 45.1 Å². The lowest BCUT2D eigenvalue weighted by atomic mass is 10.1. The number of hydrogen-bond acceptors (Lipinski definition) is 3. The third-order valence-electron chi connectivity index (χ3n) is 3.91. The van der Waals surface area contributed by atoms with Crippen molar-refractivity contribution in [2.45, 2.75) is 19.9 Å². The van der Waals surface area contributed by atoms with Gasteiger partial charge in [-0.1, -0.05) is 22.9 Å². The average molecular weight is 325 g/mol. The van der Waals surface area contributed by atoms with E-state index in [0.717, 1.165) is 28.8 Å². The van der Waals surface area contributed by atoms with E-state index in [-0.39, 0.29) is 5.78 Å². The van der Waals surface area contributed by atoms with Gasteiger partial charge >= 0.3 is 0 Å². The van der Waals surface area contributed by atoms with Gasteiger partial charge in [0, 0.05) is 34.9 Å². The minimum atomic E-state index is 0.122. The van der Waals surface area contributed by atoms with Crippen molar-refractivity contribution >= 4 is 27.4 Å². The molecule has 0 aromatic heterocycles. The second kappa shape index (κ2) is 5.63. The molecule has 0 spiro atoms. The monoisotopic (exact) mass is 324 g/mol. The maximum Gasteiger partial charge on any atom is 0.161 e. The van der Waals surface area contributed by atoms with E-state index in [1.807, 2.05) is 18.2 Å². The van der Waals surface area contributed by atoms with Crippen LogP contribution in [0.5, 0.6) is 0 Å². The summed E-state index contributed by atoms with van der Waals surface area (Å²) >= 11 is 3.44. The van der Waals surface area contributed by atoms with Gasteiger partial charge in [-0.3, -0.25) is 4.79 Å². The van der Waals surface area contributed by atoms with Gasteiger partial charge in [0.15, 0.2) is 5.78 Å². The van der Waals surface area contributed by atoms with Crippen molar-refractivity contribution in [2.75, 3.05) is 32.1 Å². The van der Waals surface area contributed by atoms with E-state index in [9.17, 15) is 4.79 Å². The number of halogens is 1. The highest BCUT2D eigenvalue weighted by molar-refractivity contribution is 9.10. The normalized spacial score (nSPS) is 23.2. The lowest BCUT2D eigenvalue weighted by molar-refractivity contribution is 0.101. The number of hydrogen-bond donors (Lipinski definition) is 0. The van der Waals surface area contributed by atoms with Crippen molar-refractivity contribution in [3.63, 3.8) is 0 Å². The number of benzene rings is 1. The smallest absolute Gasteiger partial charge is 0.161 e. The van der Waals surface area contributed by atoms with Crippen LogP contribution in [-0.2, 0) is 0 Å². The van der Waals surface area contributed by atoms with Crippen molar-refractivity contribution in [1.82, 2.24) is 4.90 Å². The Hall–Kier alpha value is -0.870. The molecular formula is C15H21BrN2O. The van der Waals surface area contributed by atoms with Crippen LogP contribution in [0, 0.1) is 5.92 Å². The average Bonchev–Trinajstić information content (AvgIpc) is 2.71. The molecule has 0 radical (unpaired) electrons. The fraction of sp³-hybridized carbons (Fsp3) is 0.533. The van der Waals surface area contributed by atoms with Crippen LogP contribution in [-0.4, -0.2) is 43.9 Å². The summed E-state index contributed by atoms with van der Waals surface area (Å²) < 4.78 is 0.956. The van der Waals surface area contributed by atoms with Gasteiger partial charge in [0.1, 0.15) is 0 Å². The molecule has 1 aliphatic heterocycles. The molecule has 1 heterocycles. The van der Waals surface area contributed by atoms with Crippen LogP contribution >= 0.6 is 15.9 Å². The Morgan fingerprint density at radius 1 is 1.37 bits per heavy atom. The zero-order valence-electron chi connectivity index (χ0n) is 12.0. The molecule has 2 atom stereocenters. The topological polar surface area (TPSA) is 23.6 Å². The number of likely N-dealkylation sites (N-methyl/N-ethyl adjacent to an activating group) is 1. The van der Waals surface area contributed by atoms with Gasteiger partial charge in [-0.15, -0.1) is 0 Å². The number of Topliss-reactive ketones (excluding diaryl/α,β-unsaturated/α-hetero) is 1. The van der Waals surface area contributed by atoms with Gasteiger partial charge in [0.25, 0.3) is 0 Å². The zero-order chi connectivity index (χ0) is 14.2. The summed E-state index contributed by atoms with van der Waals surface area (Å²) in [4.78, 5) is 16.4. The number of ketones is 1. The van der Waals surface area contributed by atoms with Crippen molar-refractivity contribution in [3.8, 4) is 0 Å². The summed E-state index contributed by atoms with van der Waals surface area (Å²) in [5.41, 5.74) is 1.87. The molecule has 0 bridgehead atoms. The van der Waals surface area contributed by atoms with E-state index >= 15 is 0 Å². The summed E-state index contributed by atoms with van der Waals surface area (Å²) in [6.07, 6.45) is 0. The fourth-order valence-corrected chi connectivity index (χ4v) is 3.25. The van der Waals surface area contributed by atoms with Crippen LogP contribution in [0.3, 0.4) is 0 Å². The fourth-order valence-electron chi connectivity index (χ4n) is 2.88. The molecule has 0 aliphatic carbocycles. The maximum atomic E-state index is 11.8. The van der Waals surface area contributed by atoms with E-state index in [1.165, 1.54) is 0 Å². The van der Waals surface area contributed by atoms with Crippen molar-refractivity contribution in [1.29, 1.82) is 0 Å². The maximum absolute atomic E-state index is 11.8. The number of carbonyl (C=O) groups excluding carboxylic acids is 1. The van der Waals surface area contributed by atoms with Crippen LogP contribution in [0.4, 0.5) is 5.69 Å². The third kappa shape index (κ3) is 3.00. The Balaban J connectivity index is 2.31. The molecule has 19 heavy (non-hydrogen) atoms. The minimum Gasteiger partial charge on any atom is -0.369 e. The highest BCUT2D eigenvalue weighted by Crippen LogP contribution is 2.30. The van der Waals surface area contributed by atoms with Crippen LogP contribution in [0.2, 0.25) is 0 Å². The number of rotatable bonds is 3. The quantitative estimate of drug-likeness (QED) is 0.798. The molecule has 1 saturated heterocycles. The predicted octanol–water partition coefficient (Wildman–Crippen LogP) is 3.04. The second-order valence-corrected chi connectivity index (χ2v) is 6.55. The summed E-state index contributed by atoms with van der Waals surface area (Å²) in [6.45, 7) is 5.89. The SMILES string of the molecule is CC(=O)c1cc(Br)ccc1N1CC(C)C(N(C)C)C1. The summed E-state index contributed by atoms with van der Waals surface area (Å²) in [5, 5.41) is 0. The molecule has 4 heteroatoms. The van der Waals surface area contributed by atoms with E-state index < -0.39 is 0 Å². The van der Waals surface area contributed by atoms with Crippen LogP contribution in [0.25, 0.3) is 0 Å². The molecular weight excluding hydrogens is 304 g/mol. The standard InChI is InChI=1S/C15H21BrN2O/c1-10-8-18(9-15(10)17(3)4)14-6-5-12(16)7-13(14)11(2)19/h5-7,10,15H,8-9H2,1-4H3. The lowest BCUT2D eigenvalue weighted by Crippen LogP contribution is -2.34. The first kappa shape index (κ1) is 14.5. The van der Waals surface area contributed by atoms with Gasteiger partial charge in [-0.2, -0.15) is 0 Å². The van der Waals surface area contributed by atoms with Crippen LogP contribution < -0.4 is 4.90 Å². The van der Waals surface area contributed by atoms with Crippen molar-refractivity contribution < 1.29 is 4.79 Å². The molecule has 0 saturated carbocycles. The molecule has 1 fully saturated rings. The Morgan fingerprint density at radius 2 is 2.05 bits per heavy atom. The molecule has 1 aliphatic rings. The number of anilines is 1. The third-order valence-corrected chi connectivity index (χ3v) is 4.41. The molecule has 104 valence electrons. The first-order valence-electron chi connectivity index (χ1n) is 6.62. The molecule has 3 nitrogen and oxygen atoms in total. The van der Waals surface area contributed by atoms with Crippen molar-refractivity contribution in [2.24, 2.45) is 5.92 Å². The van der Waals surface area contributed by atoms with E-state index in [0.29, 0.717) is 12.0 Å². The largest absolute Gasteiger partial charge is 0.369 e. The van der Waals surface area contributed by atoms with Gasteiger partial charge in [0.2, 0.25) is 0 Å². The van der Waals surface area contributed by atoms with E-state index in [4.69, 9.17) is 0 Å². The van der Waals surface area contributed by atoms with Crippen LogP contribution in [0.1, 0.15) is 24.2 Å². The highest BCUT2D eigenvalue weighted by atomic mass is 79.9.